The van der Waals surface area contributed by atoms with Crippen LogP contribution in [0.1, 0.15) is 12.8 Å². The van der Waals surface area contributed by atoms with Gasteiger partial charge in [-0.15, -0.1) is 0 Å². The van der Waals surface area contributed by atoms with E-state index in [1.54, 1.807) is 22.0 Å². The Hall–Kier alpha value is -2.84. The number of nitrogens with zero attached hydrogens (tertiary/aromatic N) is 4. The van der Waals surface area contributed by atoms with Crippen LogP contribution in [-0.2, 0) is 11.8 Å². The minimum Gasteiger partial charge on any atom is -0.394 e. The van der Waals surface area contributed by atoms with Crippen molar-refractivity contribution in [2.24, 2.45) is 13.0 Å². The number of halogens is 1. The zero-order chi connectivity index (χ0) is 21.3. The van der Waals surface area contributed by atoms with Crippen molar-refractivity contribution < 1.29 is 9.90 Å². The molecular formula is C21H25ClN6O2. The lowest BCUT2D eigenvalue weighted by atomic mass is 9.89. The third kappa shape index (κ3) is 3.80. The lowest BCUT2D eigenvalue weighted by molar-refractivity contribution is -0.132. The van der Waals surface area contributed by atoms with Gasteiger partial charge in [-0.1, -0.05) is 18.2 Å². The number of fused-ring (bicyclic) bond motifs is 1. The summed E-state index contributed by atoms with van der Waals surface area (Å²) in [6.07, 6.45) is 8.45. The number of amides is 1. The number of aryl methyl sites for hydroxylation is 1. The van der Waals surface area contributed by atoms with Crippen molar-refractivity contribution in [2.75, 3.05) is 25.0 Å². The monoisotopic (exact) mass is 428 g/mol. The van der Waals surface area contributed by atoms with Crippen molar-refractivity contribution in [3.05, 3.63) is 42.3 Å². The quantitative estimate of drug-likeness (QED) is 0.524. The van der Waals surface area contributed by atoms with Crippen molar-refractivity contribution in [3.63, 3.8) is 0 Å². The number of rotatable bonds is 6. The van der Waals surface area contributed by atoms with Crippen LogP contribution in [0.2, 0.25) is 5.02 Å². The van der Waals surface area contributed by atoms with E-state index < -0.39 is 0 Å². The highest BCUT2D eigenvalue weighted by molar-refractivity contribution is 6.34. The molecule has 158 valence electrons. The molecule has 0 aliphatic carbocycles. The second-order valence-electron chi connectivity index (χ2n) is 7.60. The van der Waals surface area contributed by atoms with E-state index in [1.165, 1.54) is 6.08 Å². The Morgan fingerprint density at radius 2 is 2.33 bits per heavy atom. The Balaban J connectivity index is 1.58. The summed E-state index contributed by atoms with van der Waals surface area (Å²) in [4.78, 5) is 21.6. The highest BCUT2D eigenvalue weighted by atomic mass is 35.5. The van der Waals surface area contributed by atoms with E-state index in [1.807, 2.05) is 19.3 Å². The molecule has 2 unspecified atom stereocenters. The zero-order valence-corrected chi connectivity index (χ0v) is 17.6. The van der Waals surface area contributed by atoms with Crippen molar-refractivity contribution in [1.29, 1.82) is 0 Å². The Morgan fingerprint density at radius 3 is 3.03 bits per heavy atom. The fraction of sp³-hybridized carbons (Fsp3) is 0.381. The number of aliphatic hydroxyl groups excluding tert-OH is 1. The molecule has 2 atom stereocenters. The molecule has 0 radical (unpaired) electrons. The van der Waals surface area contributed by atoms with Gasteiger partial charge in [0.15, 0.2) is 0 Å². The molecule has 0 saturated carbocycles. The van der Waals surface area contributed by atoms with Crippen molar-refractivity contribution in [2.45, 2.75) is 18.9 Å². The highest BCUT2D eigenvalue weighted by Crippen LogP contribution is 2.34. The summed E-state index contributed by atoms with van der Waals surface area (Å²) in [6.45, 7) is 4.71. The van der Waals surface area contributed by atoms with E-state index in [2.05, 4.69) is 27.0 Å². The van der Waals surface area contributed by atoms with E-state index in [0.717, 1.165) is 40.8 Å². The summed E-state index contributed by atoms with van der Waals surface area (Å²) < 4.78 is 1.74. The van der Waals surface area contributed by atoms with Crippen LogP contribution in [0.3, 0.4) is 0 Å². The molecule has 4 rings (SSSR count). The molecule has 1 saturated heterocycles. The van der Waals surface area contributed by atoms with Gasteiger partial charge in [-0.2, -0.15) is 5.10 Å². The third-order valence-corrected chi connectivity index (χ3v) is 6.02. The fourth-order valence-electron chi connectivity index (χ4n) is 4.19. The molecule has 1 aliphatic heterocycles. The second-order valence-corrected chi connectivity index (χ2v) is 8.01. The molecule has 1 fully saturated rings. The summed E-state index contributed by atoms with van der Waals surface area (Å²) in [5, 5.41) is 19.0. The average Bonchev–Trinajstić information content (AvgIpc) is 3.38. The Bertz CT molecular complexity index is 1070. The van der Waals surface area contributed by atoms with Crippen LogP contribution in [0.15, 0.2) is 37.3 Å². The number of hydrogen-bond acceptors (Lipinski definition) is 5. The molecule has 9 heteroatoms. The van der Waals surface area contributed by atoms with Gasteiger partial charge in [-0.25, -0.2) is 4.98 Å². The first kappa shape index (κ1) is 20.4. The van der Waals surface area contributed by atoms with Crippen LogP contribution >= 0.6 is 11.6 Å². The van der Waals surface area contributed by atoms with Crippen LogP contribution in [0.4, 0.5) is 5.69 Å². The van der Waals surface area contributed by atoms with Gasteiger partial charge in [0.2, 0.25) is 5.91 Å². The molecule has 1 amide bonds. The van der Waals surface area contributed by atoms with Crippen LogP contribution in [0, 0.1) is 5.92 Å². The average molecular weight is 429 g/mol. The lowest BCUT2D eigenvalue weighted by Crippen LogP contribution is -2.51. The molecule has 3 aromatic rings. The van der Waals surface area contributed by atoms with E-state index >= 15 is 0 Å². The first-order valence-electron chi connectivity index (χ1n) is 9.95. The largest absolute Gasteiger partial charge is 0.394 e. The van der Waals surface area contributed by atoms with E-state index in [4.69, 9.17) is 11.6 Å². The summed E-state index contributed by atoms with van der Waals surface area (Å²) in [5.41, 5.74) is 3.39. The molecule has 0 bridgehead atoms. The highest BCUT2D eigenvalue weighted by Gasteiger charge is 2.33. The Morgan fingerprint density at radius 1 is 1.50 bits per heavy atom. The number of carbonyl (C=O) groups excluding carboxylic acids is 1. The predicted molar refractivity (Wildman–Crippen MR) is 117 cm³/mol. The minimum absolute atomic E-state index is 0.0826. The van der Waals surface area contributed by atoms with Crippen LogP contribution in [-0.4, -0.2) is 61.4 Å². The molecule has 3 aromatic heterocycles. The molecular weight excluding hydrogens is 404 g/mol. The van der Waals surface area contributed by atoms with Gasteiger partial charge < -0.3 is 20.3 Å². The van der Waals surface area contributed by atoms with E-state index in [-0.39, 0.29) is 24.5 Å². The molecule has 4 heterocycles. The standard InChI is InChI=1S/C21H25ClN6O2/c1-3-19(30)28-6-4-5-13(18(28)12-29)8-23-20-15-7-17(14-9-25-27(2)11-14)26-21(15)24-10-16(20)22/h3,7,9-11,13,18,29H,1,4-6,8,12H2,2H3,(H2,23,24,26). The fourth-order valence-corrected chi connectivity index (χ4v) is 4.41. The summed E-state index contributed by atoms with van der Waals surface area (Å²) >= 11 is 6.47. The smallest absolute Gasteiger partial charge is 0.246 e. The maximum absolute atomic E-state index is 12.2. The van der Waals surface area contributed by atoms with Crippen LogP contribution in [0.25, 0.3) is 22.3 Å². The third-order valence-electron chi connectivity index (χ3n) is 5.73. The van der Waals surface area contributed by atoms with Gasteiger partial charge in [0.05, 0.1) is 41.4 Å². The van der Waals surface area contributed by atoms with Gasteiger partial charge >= 0.3 is 0 Å². The van der Waals surface area contributed by atoms with Crippen molar-refractivity contribution in [1.82, 2.24) is 24.6 Å². The number of piperidine rings is 1. The van der Waals surface area contributed by atoms with Crippen LogP contribution < -0.4 is 5.32 Å². The number of carbonyl (C=O) groups is 1. The van der Waals surface area contributed by atoms with Gasteiger partial charge in [0.1, 0.15) is 5.65 Å². The van der Waals surface area contributed by atoms with Gasteiger partial charge in [-0.05, 0) is 30.9 Å². The number of nitrogens with one attached hydrogen (secondary N) is 2. The first-order chi connectivity index (χ1) is 14.5. The molecule has 1 aliphatic rings. The summed E-state index contributed by atoms with van der Waals surface area (Å²) in [5.74, 6) is -0.0431. The molecule has 8 nitrogen and oxygen atoms in total. The van der Waals surface area contributed by atoms with Gasteiger partial charge in [-0.3, -0.25) is 9.48 Å². The number of anilines is 1. The summed E-state index contributed by atoms with van der Waals surface area (Å²) in [7, 11) is 1.87. The molecule has 0 spiro atoms. The Kier molecular flexibility index (Phi) is 5.78. The van der Waals surface area contributed by atoms with Crippen molar-refractivity contribution in [3.8, 4) is 11.3 Å². The maximum Gasteiger partial charge on any atom is 0.246 e. The SMILES string of the molecule is C=CC(=O)N1CCCC(CNc2c(Cl)cnc3[nH]c(-c4cnn(C)c4)cc23)C1CO. The van der Waals surface area contributed by atoms with Gasteiger partial charge in [0, 0.05) is 37.3 Å². The zero-order valence-electron chi connectivity index (χ0n) is 16.8. The van der Waals surface area contributed by atoms with E-state index in [9.17, 15) is 9.90 Å². The predicted octanol–water partition coefficient (Wildman–Crippen LogP) is 2.81. The van der Waals surface area contributed by atoms with E-state index in [0.29, 0.717) is 18.1 Å². The second kappa shape index (κ2) is 8.49. The topological polar surface area (TPSA) is 99.1 Å². The van der Waals surface area contributed by atoms with Gasteiger partial charge in [0.25, 0.3) is 0 Å². The number of likely N-dealkylation sites (tertiary alicyclic amines) is 1. The molecule has 30 heavy (non-hydrogen) atoms. The molecule has 3 N–H and O–H groups in total. The minimum atomic E-state index is -0.245. The number of pyridine rings is 1. The summed E-state index contributed by atoms with van der Waals surface area (Å²) in [6, 6.07) is 1.76. The van der Waals surface area contributed by atoms with Crippen molar-refractivity contribution >= 4 is 34.2 Å². The number of hydrogen-bond donors (Lipinski definition) is 3. The normalized spacial score (nSPS) is 19.2. The Labute approximate surface area is 179 Å². The number of aromatic nitrogens is 4. The number of aliphatic hydroxyl groups is 1. The first-order valence-corrected chi connectivity index (χ1v) is 10.3. The lowest BCUT2D eigenvalue weighted by Gasteiger charge is -2.40. The van der Waals surface area contributed by atoms with Crippen LogP contribution in [0.5, 0.6) is 0 Å². The maximum atomic E-state index is 12.2. The number of H-pyrrole nitrogens is 1. The number of aromatic amines is 1. The molecule has 0 aromatic carbocycles.